The third-order valence-corrected chi connectivity index (χ3v) is 3.69. The van der Waals surface area contributed by atoms with Gasteiger partial charge in [0.15, 0.2) is 0 Å². The maximum Gasteiger partial charge on any atom is 0.0503 e. The second-order valence-electron chi connectivity index (χ2n) is 5.71. The zero-order valence-electron chi connectivity index (χ0n) is 12.0. The molecule has 0 aromatic carbocycles. The van der Waals surface area contributed by atoms with Crippen molar-refractivity contribution in [2.24, 2.45) is 5.92 Å². The lowest BCUT2D eigenvalue weighted by Gasteiger charge is -2.24. The molecule has 1 saturated heterocycles. The van der Waals surface area contributed by atoms with Gasteiger partial charge in [0.05, 0.1) is 6.61 Å². The lowest BCUT2D eigenvalue weighted by molar-refractivity contribution is 0.147. The molecule has 0 spiro atoms. The standard InChI is InChI=1S/C14H30N2O/c1-12(2)15-8-5-6-13(3)16-9-7-14(10-16)11-17-4/h12-15H,5-11H2,1-4H3. The molecule has 102 valence electrons. The highest BCUT2D eigenvalue weighted by Gasteiger charge is 2.25. The molecule has 1 heterocycles. The van der Waals surface area contributed by atoms with Gasteiger partial charge in [-0.05, 0) is 45.2 Å². The second kappa shape index (κ2) is 8.06. The second-order valence-corrected chi connectivity index (χ2v) is 5.71. The van der Waals surface area contributed by atoms with Gasteiger partial charge in [-0.25, -0.2) is 0 Å². The lowest BCUT2D eigenvalue weighted by Crippen LogP contribution is -2.32. The average molecular weight is 242 g/mol. The van der Waals surface area contributed by atoms with Gasteiger partial charge in [0.1, 0.15) is 0 Å². The van der Waals surface area contributed by atoms with E-state index in [9.17, 15) is 0 Å². The molecule has 0 saturated carbocycles. The molecule has 0 radical (unpaired) electrons. The zero-order valence-corrected chi connectivity index (χ0v) is 12.0. The number of nitrogens with one attached hydrogen (secondary N) is 1. The smallest absolute Gasteiger partial charge is 0.0503 e. The normalized spacial score (nSPS) is 23.5. The summed E-state index contributed by atoms with van der Waals surface area (Å²) in [5, 5.41) is 3.48. The summed E-state index contributed by atoms with van der Waals surface area (Å²) in [5.74, 6) is 0.760. The minimum atomic E-state index is 0.614. The van der Waals surface area contributed by atoms with Gasteiger partial charge in [-0.15, -0.1) is 0 Å². The molecule has 17 heavy (non-hydrogen) atoms. The first kappa shape index (κ1) is 14.9. The molecule has 1 fully saturated rings. The number of hydrogen-bond acceptors (Lipinski definition) is 3. The fourth-order valence-electron chi connectivity index (χ4n) is 2.61. The van der Waals surface area contributed by atoms with E-state index < -0.39 is 0 Å². The molecule has 0 amide bonds. The SMILES string of the molecule is COCC1CCN(C(C)CCCNC(C)C)C1. The molecule has 0 aromatic heterocycles. The summed E-state index contributed by atoms with van der Waals surface area (Å²) in [4.78, 5) is 2.62. The van der Waals surface area contributed by atoms with Crippen LogP contribution in [0.4, 0.5) is 0 Å². The molecule has 3 nitrogen and oxygen atoms in total. The van der Waals surface area contributed by atoms with Gasteiger partial charge in [-0.1, -0.05) is 13.8 Å². The first-order chi connectivity index (χ1) is 8.13. The highest BCUT2D eigenvalue weighted by molar-refractivity contribution is 4.79. The van der Waals surface area contributed by atoms with E-state index in [2.05, 4.69) is 31.0 Å². The molecule has 1 aliphatic rings. The van der Waals surface area contributed by atoms with Crippen molar-refractivity contribution in [3.63, 3.8) is 0 Å². The summed E-state index contributed by atoms with van der Waals surface area (Å²) in [6.45, 7) is 11.3. The first-order valence-electron chi connectivity index (χ1n) is 7.09. The van der Waals surface area contributed by atoms with E-state index in [-0.39, 0.29) is 0 Å². The maximum absolute atomic E-state index is 5.24. The van der Waals surface area contributed by atoms with Crippen molar-refractivity contribution >= 4 is 0 Å². The Hall–Kier alpha value is -0.120. The van der Waals surface area contributed by atoms with Crippen LogP contribution in [0.25, 0.3) is 0 Å². The van der Waals surface area contributed by atoms with E-state index in [0.717, 1.165) is 25.1 Å². The highest BCUT2D eigenvalue weighted by Crippen LogP contribution is 2.20. The molecule has 1 aliphatic heterocycles. The van der Waals surface area contributed by atoms with Crippen molar-refractivity contribution in [1.82, 2.24) is 10.2 Å². The topological polar surface area (TPSA) is 24.5 Å². The molecule has 1 N–H and O–H groups in total. The van der Waals surface area contributed by atoms with Crippen molar-refractivity contribution in [1.29, 1.82) is 0 Å². The number of rotatable bonds is 8. The fourth-order valence-corrected chi connectivity index (χ4v) is 2.61. The van der Waals surface area contributed by atoms with Gasteiger partial charge in [0.2, 0.25) is 0 Å². The summed E-state index contributed by atoms with van der Waals surface area (Å²) in [6, 6.07) is 1.34. The van der Waals surface area contributed by atoms with Gasteiger partial charge >= 0.3 is 0 Å². The van der Waals surface area contributed by atoms with Crippen LogP contribution in [-0.4, -0.2) is 50.3 Å². The lowest BCUT2D eigenvalue weighted by atomic mass is 10.1. The summed E-state index contributed by atoms with van der Waals surface area (Å²) < 4.78 is 5.24. The minimum Gasteiger partial charge on any atom is -0.384 e. The Kier molecular flexibility index (Phi) is 7.09. The first-order valence-corrected chi connectivity index (χ1v) is 7.09. The van der Waals surface area contributed by atoms with Crippen LogP contribution in [0.1, 0.15) is 40.0 Å². The van der Waals surface area contributed by atoms with E-state index >= 15 is 0 Å². The van der Waals surface area contributed by atoms with Crippen molar-refractivity contribution in [2.75, 3.05) is 33.4 Å². The van der Waals surface area contributed by atoms with Gasteiger partial charge in [-0.2, -0.15) is 0 Å². The molecule has 0 aliphatic carbocycles. The largest absolute Gasteiger partial charge is 0.384 e. The molecule has 2 atom stereocenters. The monoisotopic (exact) mass is 242 g/mol. The Balaban J connectivity index is 2.10. The maximum atomic E-state index is 5.24. The summed E-state index contributed by atoms with van der Waals surface area (Å²) in [6.07, 6.45) is 3.90. The van der Waals surface area contributed by atoms with Gasteiger partial charge in [-0.3, -0.25) is 0 Å². The summed E-state index contributed by atoms with van der Waals surface area (Å²) in [5.41, 5.74) is 0. The van der Waals surface area contributed by atoms with Gasteiger partial charge in [0, 0.05) is 25.7 Å². The molecule has 3 heteroatoms. The van der Waals surface area contributed by atoms with Gasteiger partial charge in [0.25, 0.3) is 0 Å². The molecule has 0 bridgehead atoms. The van der Waals surface area contributed by atoms with E-state index in [1.165, 1.54) is 32.4 Å². The summed E-state index contributed by atoms with van der Waals surface area (Å²) in [7, 11) is 1.81. The number of hydrogen-bond donors (Lipinski definition) is 1. The van der Waals surface area contributed by atoms with Crippen LogP contribution >= 0.6 is 0 Å². The van der Waals surface area contributed by atoms with Crippen LogP contribution in [0.3, 0.4) is 0 Å². The van der Waals surface area contributed by atoms with Crippen LogP contribution in [0.5, 0.6) is 0 Å². The third-order valence-electron chi connectivity index (χ3n) is 3.69. The molecular weight excluding hydrogens is 212 g/mol. The quantitative estimate of drug-likeness (QED) is 0.660. The fraction of sp³-hybridized carbons (Fsp3) is 1.00. The Morgan fingerprint density at radius 3 is 2.76 bits per heavy atom. The van der Waals surface area contributed by atoms with Crippen LogP contribution in [0, 0.1) is 5.92 Å². The Morgan fingerprint density at radius 1 is 1.35 bits per heavy atom. The Morgan fingerprint density at radius 2 is 2.12 bits per heavy atom. The number of nitrogens with zero attached hydrogens (tertiary/aromatic N) is 1. The van der Waals surface area contributed by atoms with Crippen molar-refractivity contribution in [2.45, 2.75) is 52.1 Å². The predicted molar refractivity (Wildman–Crippen MR) is 73.4 cm³/mol. The Bertz CT molecular complexity index is 197. The van der Waals surface area contributed by atoms with Crippen LogP contribution < -0.4 is 5.32 Å². The zero-order chi connectivity index (χ0) is 12.7. The highest BCUT2D eigenvalue weighted by atomic mass is 16.5. The van der Waals surface area contributed by atoms with E-state index in [1.54, 1.807) is 0 Å². The van der Waals surface area contributed by atoms with E-state index in [0.29, 0.717) is 6.04 Å². The number of methoxy groups -OCH3 is 1. The van der Waals surface area contributed by atoms with Gasteiger partial charge < -0.3 is 15.0 Å². The number of likely N-dealkylation sites (tertiary alicyclic amines) is 1. The molecule has 2 unspecified atom stereocenters. The Labute approximate surface area is 107 Å². The van der Waals surface area contributed by atoms with Crippen molar-refractivity contribution in [3.05, 3.63) is 0 Å². The number of ether oxygens (including phenoxy) is 1. The van der Waals surface area contributed by atoms with E-state index in [4.69, 9.17) is 4.74 Å². The summed E-state index contributed by atoms with van der Waals surface area (Å²) >= 11 is 0. The predicted octanol–water partition coefficient (Wildman–Crippen LogP) is 2.12. The van der Waals surface area contributed by atoms with Crippen LogP contribution in [0.2, 0.25) is 0 Å². The van der Waals surface area contributed by atoms with Crippen molar-refractivity contribution < 1.29 is 4.74 Å². The average Bonchev–Trinajstić information content (AvgIpc) is 2.73. The minimum absolute atomic E-state index is 0.614. The van der Waals surface area contributed by atoms with E-state index in [1.807, 2.05) is 7.11 Å². The van der Waals surface area contributed by atoms with Crippen LogP contribution in [-0.2, 0) is 4.74 Å². The van der Waals surface area contributed by atoms with Crippen LogP contribution in [0.15, 0.2) is 0 Å². The molecule has 0 aromatic rings. The molecule has 1 rings (SSSR count). The van der Waals surface area contributed by atoms with Crippen molar-refractivity contribution in [3.8, 4) is 0 Å². The third kappa shape index (κ3) is 5.84. The molecular formula is C14H30N2O.